The maximum absolute atomic E-state index is 12.2. The predicted molar refractivity (Wildman–Crippen MR) is 75.0 cm³/mol. The molecule has 1 N–H and O–H groups in total. The molecule has 2 amide bonds. The zero-order valence-corrected chi connectivity index (χ0v) is 11.9. The molecule has 0 aromatic heterocycles. The van der Waals surface area contributed by atoms with Gasteiger partial charge in [-0.2, -0.15) is 0 Å². The molecule has 1 aromatic carbocycles. The molecular formula is C15H18N2O4. The van der Waals surface area contributed by atoms with Crippen LogP contribution in [0.1, 0.15) is 23.2 Å². The van der Waals surface area contributed by atoms with Crippen LogP contribution in [0.3, 0.4) is 0 Å². The molecule has 1 aromatic rings. The second-order valence-corrected chi connectivity index (χ2v) is 5.36. The quantitative estimate of drug-likeness (QED) is 0.874. The molecule has 1 spiro atoms. The van der Waals surface area contributed by atoms with Gasteiger partial charge in [0.25, 0.3) is 5.91 Å². The minimum Gasteiger partial charge on any atom is -0.467 e. The monoisotopic (exact) mass is 290 g/mol. The van der Waals surface area contributed by atoms with E-state index in [1.807, 2.05) is 12.1 Å². The van der Waals surface area contributed by atoms with E-state index in [0.29, 0.717) is 37.2 Å². The number of nitrogens with zero attached hydrogens (tertiary/aromatic N) is 1. The summed E-state index contributed by atoms with van der Waals surface area (Å²) < 4.78 is 10.9. The number of rotatable bonds is 2. The van der Waals surface area contributed by atoms with Crippen LogP contribution in [0.4, 0.5) is 0 Å². The van der Waals surface area contributed by atoms with Crippen LogP contribution in [0, 0.1) is 0 Å². The van der Waals surface area contributed by atoms with E-state index in [4.69, 9.17) is 9.47 Å². The molecule has 0 unspecified atom stereocenters. The number of benzene rings is 1. The van der Waals surface area contributed by atoms with Crippen LogP contribution in [0.15, 0.2) is 24.3 Å². The molecule has 21 heavy (non-hydrogen) atoms. The lowest BCUT2D eigenvalue weighted by atomic mass is 9.97. The minimum atomic E-state index is -0.699. The van der Waals surface area contributed by atoms with Gasteiger partial charge in [-0.3, -0.25) is 9.59 Å². The van der Waals surface area contributed by atoms with Gasteiger partial charge in [0.1, 0.15) is 12.4 Å². The molecule has 3 rings (SSSR count). The Morgan fingerprint density at radius 2 is 2.10 bits per heavy atom. The van der Waals surface area contributed by atoms with E-state index in [9.17, 15) is 9.59 Å². The zero-order chi connectivity index (χ0) is 14.9. The Kier molecular flexibility index (Phi) is 3.55. The summed E-state index contributed by atoms with van der Waals surface area (Å²) in [5, 5.41) is 2.95. The molecule has 6 nitrogen and oxygen atoms in total. The molecule has 0 atom stereocenters. The van der Waals surface area contributed by atoms with Gasteiger partial charge in [0, 0.05) is 33.0 Å². The number of likely N-dealkylation sites (tertiary alicyclic amines) is 1. The number of hydrogen-bond donors (Lipinski definition) is 1. The summed E-state index contributed by atoms with van der Waals surface area (Å²) in [6.07, 6.45) is 1.14. The number of carbonyl (C=O) groups excluding carboxylic acids is 2. The molecule has 112 valence electrons. The number of fused-ring (bicyclic) bond motifs is 1. The van der Waals surface area contributed by atoms with Gasteiger partial charge in [0.2, 0.25) is 5.91 Å². The molecule has 0 bridgehead atoms. The third-order valence-electron chi connectivity index (χ3n) is 3.97. The van der Waals surface area contributed by atoms with E-state index in [1.165, 1.54) is 7.11 Å². The Balaban J connectivity index is 1.72. The molecule has 1 saturated heterocycles. The summed E-state index contributed by atoms with van der Waals surface area (Å²) in [4.78, 5) is 25.7. The number of hydrogen-bond acceptors (Lipinski definition) is 4. The van der Waals surface area contributed by atoms with Crippen LogP contribution in [-0.2, 0) is 9.53 Å². The maximum Gasteiger partial charge on any atom is 0.258 e. The molecule has 0 radical (unpaired) electrons. The van der Waals surface area contributed by atoms with Gasteiger partial charge in [0.15, 0.2) is 5.72 Å². The summed E-state index contributed by atoms with van der Waals surface area (Å²) in [5.41, 5.74) is -0.143. The van der Waals surface area contributed by atoms with Crippen LogP contribution in [0.25, 0.3) is 0 Å². The van der Waals surface area contributed by atoms with Gasteiger partial charge in [-0.25, -0.2) is 0 Å². The molecule has 0 aliphatic carbocycles. The Hall–Kier alpha value is -2.08. The molecule has 2 aliphatic heterocycles. The van der Waals surface area contributed by atoms with Crippen LogP contribution in [0.5, 0.6) is 5.75 Å². The zero-order valence-electron chi connectivity index (χ0n) is 11.9. The number of nitrogens with one attached hydrogen (secondary N) is 1. The molecule has 0 saturated carbocycles. The maximum atomic E-state index is 12.2. The summed E-state index contributed by atoms with van der Waals surface area (Å²) >= 11 is 0. The fourth-order valence-corrected chi connectivity index (χ4v) is 2.81. The topological polar surface area (TPSA) is 67.9 Å². The number of piperidine rings is 1. The SMILES string of the molecule is COCC(=O)N1CCC2(CC1)NC(=O)c1ccccc1O2. The van der Waals surface area contributed by atoms with Gasteiger partial charge in [-0.1, -0.05) is 12.1 Å². The van der Waals surface area contributed by atoms with E-state index < -0.39 is 5.72 Å². The van der Waals surface area contributed by atoms with Crippen LogP contribution in [0.2, 0.25) is 0 Å². The van der Waals surface area contributed by atoms with Gasteiger partial charge in [0.05, 0.1) is 5.56 Å². The van der Waals surface area contributed by atoms with E-state index in [-0.39, 0.29) is 18.4 Å². The van der Waals surface area contributed by atoms with Crippen molar-refractivity contribution in [1.82, 2.24) is 10.2 Å². The Morgan fingerprint density at radius 3 is 2.81 bits per heavy atom. The van der Waals surface area contributed by atoms with Crippen molar-refractivity contribution in [2.75, 3.05) is 26.8 Å². The highest BCUT2D eigenvalue weighted by Gasteiger charge is 2.42. The first-order valence-corrected chi connectivity index (χ1v) is 7.01. The first-order valence-electron chi connectivity index (χ1n) is 7.01. The number of carbonyl (C=O) groups is 2. The standard InChI is InChI=1S/C15H18N2O4/c1-20-10-13(18)17-8-6-15(7-9-17)16-14(19)11-4-2-3-5-12(11)21-15/h2-5H,6-10H2,1H3,(H,16,19). The first-order chi connectivity index (χ1) is 10.1. The van der Waals surface area contributed by atoms with Crippen molar-refractivity contribution < 1.29 is 19.1 Å². The average molecular weight is 290 g/mol. The van der Waals surface area contributed by atoms with E-state index in [2.05, 4.69) is 5.32 Å². The highest BCUT2D eigenvalue weighted by Crippen LogP contribution is 2.33. The number of para-hydroxylation sites is 1. The second kappa shape index (κ2) is 5.37. The smallest absolute Gasteiger partial charge is 0.258 e. The largest absolute Gasteiger partial charge is 0.467 e. The summed E-state index contributed by atoms with van der Waals surface area (Å²) in [5.74, 6) is 0.460. The van der Waals surface area contributed by atoms with Gasteiger partial charge in [-0.15, -0.1) is 0 Å². The highest BCUT2D eigenvalue weighted by atomic mass is 16.5. The second-order valence-electron chi connectivity index (χ2n) is 5.36. The summed E-state index contributed by atoms with van der Waals surface area (Å²) in [6, 6.07) is 7.21. The van der Waals surface area contributed by atoms with Crippen LogP contribution >= 0.6 is 0 Å². The van der Waals surface area contributed by atoms with Crippen LogP contribution in [-0.4, -0.2) is 49.2 Å². The lowest BCUT2D eigenvalue weighted by molar-refractivity contribution is -0.139. The van der Waals surface area contributed by atoms with E-state index in [1.54, 1.807) is 17.0 Å². The third kappa shape index (κ3) is 2.58. The Labute approximate surface area is 123 Å². The lowest BCUT2D eigenvalue weighted by Crippen LogP contribution is -2.61. The van der Waals surface area contributed by atoms with Crippen molar-refractivity contribution in [2.24, 2.45) is 0 Å². The fraction of sp³-hybridized carbons (Fsp3) is 0.467. The molecule has 1 fully saturated rings. The molecule has 2 aliphatic rings. The van der Waals surface area contributed by atoms with Crippen LogP contribution < -0.4 is 10.1 Å². The molecule has 2 heterocycles. The number of methoxy groups -OCH3 is 1. The molecule has 6 heteroatoms. The normalized spacial score (nSPS) is 19.7. The predicted octanol–water partition coefficient (Wildman–Crippen LogP) is 0.774. The summed E-state index contributed by atoms with van der Waals surface area (Å²) in [7, 11) is 1.50. The van der Waals surface area contributed by atoms with E-state index in [0.717, 1.165) is 0 Å². The number of amides is 2. The average Bonchev–Trinajstić information content (AvgIpc) is 2.48. The van der Waals surface area contributed by atoms with Crippen molar-refractivity contribution in [2.45, 2.75) is 18.6 Å². The van der Waals surface area contributed by atoms with Gasteiger partial charge >= 0.3 is 0 Å². The lowest BCUT2D eigenvalue weighted by Gasteiger charge is -2.44. The van der Waals surface area contributed by atoms with Crippen molar-refractivity contribution in [3.63, 3.8) is 0 Å². The van der Waals surface area contributed by atoms with Crippen molar-refractivity contribution in [3.05, 3.63) is 29.8 Å². The van der Waals surface area contributed by atoms with Crippen molar-refractivity contribution in [3.8, 4) is 5.75 Å². The fourth-order valence-electron chi connectivity index (χ4n) is 2.81. The van der Waals surface area contributed by atoms with Gasteiger partial charge in [-0.05, 0) is 12.1 Å². The Morgan fingerprint density at radius 1 is 1.38 bits per heavy atom. The highest BCUT2D eigenvalue weighted by molar-refractivity contribution is 5.98. The summed E-state index contributed by atoms with van der Waals surface area (Å²) in [6.45, 7) is 1.18. The van der Waals surface area contributed by atoms with Crippen molar-refractivity contribution >= 4 is 11.8 Å². The third-order valence-corrected chi connectivity index (χ3v) is 3.97. The Bertz CT molecular complexity index is 565. The first kappa shape index (κ1) is 13.9. The number of ether oxygens (including phenoxy) is 2. The van der Waals surface area contributed by atoms with E-state index >= 15 is 0 Å². The molecular weight excluding hydrogens is 272 g/mol. The van der Waals surface area contributed by atoms with Gasteiger partial charge < -0.3 is 19.7 Å². The minimum absolute atomic E-state index is 0.0325. The van der Waals surface area contributed by atoms with Crippen molar-refractivity contribution in [1.29, 1.82) is 0 Å².